The maximum absolute atomic E-state index is 4.58. The molecule has 0 aliphatic rings. The zero-order chi connectivity index (χ0) is 14.0. The van der Waals surface area contributed by atoms with Crippen molar-refractivity contribution in [3.8, 4) is 0 Å². The molecular weight excluding hydrogens is 397 g/mol. The molecular formula is C14H22IN5S. The maximum atomic E-state index is 4.58. The van der Waals surface area contributed by atoms with Gasteiger partial charge in [0.2, 0.25) is 0 Å². The van der Waals surface area contributed by atoms with E-state index in [1.54, 1.807) is 17.5 Å². The van der Waals surface area contributed by atoms with Crippen molar-refractivity contribution in [2.75, 3.05) is 13.1 Å². The molecule has 0 amide bonds. The summed E-state index contributed by atoms with van der Waals surface area (Å²) in [6.45, 7) is 5.55. The van der Waals surface area contributed by atoms with Crippen LogP contribution in [0.15, 0.2) is 41.2 Å². The number of hydrogen-bond donors (Lipinski definition) is 2. The second kappa shape index (κ2) is 10.6. The van der Waals surface area contributed by atoms with Crippen molar-refractivity contribution in [2.45, 2.75) is 26.4 Å². The molecule has 21 heavy (non-hydrogen) atoms. The minimum atomic E-state index is 0. The molecule has 0 radical (unpaired) electrons. The Kier molecular flexibility index (Phi) is 9.07. The van der Waals surface area contributed by atoms with Crippen LogP contribution < -0.4 is 10.6 Å². The molecule has 0 saturated carbocycles. The Morgan fingerprint density at radius 2 is 2.33 bits per heavy atom. The zero-order valence-corrected chi connectivity index (χ0v) is 15.3. The van der Waals surface area contributed by atoms with Crippen molar-refractivity contribution in [1.29, 1.82) is 0 Å². The van der Waals surface area contributed by atoms with Crippen LogP contribution in [0.4, 0.5) is 0 Å². The van der Waals surface area contributed by atoms with Crippen LogP contribution in [0.2, 0.25) is 0 Å². The van der Waals surface area contributed by atoms with E-state index in [1.165, 1.54) is 4.88 Å². The third kappa shape index (κ3) is 6.94. The van der Waals surface area contributed by atoms with Gasteiger partial charge in [-0.1, -0.05) is 6.07 Å². The van der Waals surface area contributed by atoms with Gasteiger partial charge in [-0.3, -0.25) is 0 Å². The smallest absolute Gasteiger partial charge is 0.191 e. The first-order valence-corrected chi connectivity index (χ1v) is 7.76. The molecule has 0 unspecified atom stereocenters. The van der Waals surface area contributed by atoms with Crippen molar-refractivity contribution in [1.82, 2.24) is 20.2 Å². The first-order valence-electron chi connectivity index (χ1n) is 6.89. The lowest BCUT2D eigenvalue weighted by molar-refractivity contribution is 0.625. The number of imidazole rings is 1. The number of nitrogens with one attached hydrogen (secondary N) is 2. The number of aromatic nitrogens is 2. The standard InChI is InChI=1S/C14H21N5S.HI/c1-2-16-14(18-11-13-5-3-10-20-13)17-6-4-8-19-9-7-15-12-19;/h3,5,7,9-10,12H,2,4,6,8,11H2,1H3,(H2,16,17,18);1H. The van der Waals surface area contributed by atoms with Gasteiger partial charge in [-0.2, -0.15) is 0 Å². The summed E-state index contributed by atoms with van der Waals surface area (Å²) in [7, 11) is 0. The molecule has 0 aliphatic carbocycles. The van der Waals surface area contributed by atoms with Crippen molar-refractivity contribution < 1.29 is 0 Å². The van der Waals surface area contributed by atoms with Gasteiger partial charge in [0.1, 0.15) is 0 Å². The Bertz CT molecular complexity index is 495. The number of hydrogen-bond acceptors (Lipinski definition) is 3. The zero-order valence-electron chi connectivity index (χ0n) is 12.2. The SMILES string of the molecule is CCNC(=NCc1cccs1)NCCCn1ccnc1.I. The Hall–Kier alpha value is -1.09. The quantitative estimate of drug-likeness (QED) is 0.314. The average Bonchev–Trinajstić information content (AvgIpc) is 3.13. The first kappa shape index (κ1) is 18.0. The summed E-state index contributed by atoms with van der Waals surface area (Å²) >= 11 is 1.74. The predicted molar refractivity (Wildman–Crippen MR) is 99.4 cm³/mol. The van der Waals surface area contributed by atoms with E-state index in [0.717, 1.165) is 38.6 Å². The molecule has 7 heteroatoms. The second-order valence-electron chi connectivity index (χ2n) is 4.36. The molecule has 2 aromatic heterocycles. The average molecular weight is 419 g/mol. The summed E-state index contributed by atoms with van der Waals surface area (Å²) in [5.74, 6) is 0.881. The van der Waals surface area contributed by atoms with E-state index in [9.17, 15) is 0 Å². The number of rotatable bonds is 7. The van der Waals surface area contributed by atoms with Gasteiger partial charge in [0.15, 0.2) is 5.96 Å². The van der Waals surface area contributed by atoms with E-state index in [0.29, 0.717) is 0 Å². The predicted octanol–water partition coefficient (Wildman–Crippen LogP) is 2.71. The topological polar surface area (TPSA) is 54.2 Å². The number of thiophene rings is 1. The van der Waals surface area contributed by atoms with E-state index in [-0.39, 0.29) is 24.0 Å². The monoisotopic (exact) mass is 419 g/mol. The van der Waals surface area contributed by atoms with Crippen molar-refractivity contribution in [2.24, 2.45) is 4.99 Å². The Labute approximate surface area is 146 Å². The molecule has 5 nitrogen and oxygen atoms in total. The van der Waals surface area contributed by atoms with Crippen LogP contribution >= 0.6 is 35.3 Å². The minimum Gasteiger partial charge on any atom is -0.357 e. The van der Waals surface area contributed by atoms with E-state index in [2.05, 4.69) is 49.6 Å². The fourth-order valence-electron chi connectivity index (χ4n) is 1.79. The Morgan fingerprint density at radius 3 is 3.00 bits per heavy atom. The molecule has 0 fully saturated rings. The number of nitrogens with zero attached hydrogens (tertiary/aromatic N) is 3. The van der Waals surface area contributed by atoms with Gasteiger partial charge in [-0.15, -0.1) is 35.3 Å². The number of guanidine groups is 1. The van der Waals surface area contributed by atoms with Gasteiger partial charge in [-0.25, -0.2) is 9.98 Å². The molecule has 0 atom stereocenters. The summed E-state index contributed by atoms with van der Waals surface area (Å²) < 4.78 is 2.08. The molecule has 0 bridgehead atoms. The minimum absolute atomic E-state index is 0. The van der Waals surface area contributed by atoms with Crippen LogP contribution in [0.3, 0.4) is 0 Å². The van der Waals surface area contributed by atoms with Crippen molar-refractivity contribution >= 4 is 41.3 Å². The highest BCUT2D eigenvalue weighted by atomic mass is 127. The van der Waals surface area contributed by atoms with Crippen LogP contribution in [-0.4, -0.2) is 28.6 Å². The molecule has 116 valence electrons. The summed E-state index contributed by atoms with van der Waals surface area (Å²) in [5, 5.41) is 8.70. The lowest BCUT2D eigenvalue weighted by Crippen LogP contribution is -2.38. The second-order valence-corrected chi connectivity index (χ2v) is 5.39. The lowest BCUT2D eigenvalue weighted by Gasteiger charge is -2.11. The molecule has 0 saturated heterocycles. The lowest BCUT2D eigenvalue weighted by atomic mass is 10.4. The Morgan fingerprint density at radius 1 is 1.43 bits per heavy atom. The highest BCUT2D eigenvalue weighted by Crippen LogP contribution is 2.09. The van der Waals surface area contributed by atoms with Crippen LogP contribution in [0.25, 0.3) is 0 Å². The molecule has 2 rings (SSSR count). The van der Waals surface area contributed by atoms with Gasteiger partial charge in [0.05, 0.1) is 12.9 Å². The number of aliphatic imine (C=N–C) groups is 1. The van der Waals surface area contributed by atoms with Crippen LogP contribution in [0.5, 0.6) is 0 Å². The third-order valence-electron chi connectivity index (χ3n) is 2.76. The van der Waals surface area contributed by atoms with E-state index < -0.39 is 0 Å². The molecule has 2 aromatic rings. The number of aryl methyl sites for hydroxylation is 1. The summed E-state index contributed by atoms with van der Waals surface area (Å²) in [6.07, 6.45) is 6.67. The van der Waals surface area contributed by atoms with Gasteiger partial charge in [-0.05, 0) is 24.8 Å². The van der Waals surface area contributed by atoms with E-state index >= 15 is 0 Å². The van der Waals surface area contributed by atoms with Crippen LogP contribution in [-0.2, 0) is 13.1 Å². The first-order chi connectivity index (χ1) is 9.88. The largest absolute Gasteiger partial charge is 0.357 e. The van der Waals surface area contributed by atoms with E-state index in [1.807, 2.05) is 12.5 Å². The van der Waals surface area contributed by atoms with Gasteiger partial charge < -0.3 is 15.2 Å². The molecule has 2 N–H and O–H groups in total. The third-order valence-corrected chi connectivity index (χ3v) is 3.62. The molecule has 0 spiro atoms. The normalized spacial score (nSPS) is 11.0. The molecule has 0 aromatic carbocycles. The maximum Gasteiger partial charge on any atom is 0.191 e. The van der Waals surface area contributed by atoms with Crippen LogP contribution in [0, 0.1) is 0 Å². The number of halogens is 1. The molecule has 2 heterocycles. The van der Waals surface area contributed by atoms with Gasteiger partial charge >= 0.3 is 0 Å². The van der Waals surface area contributed by atoms with Crippen molar-refractivity contribution in [3.63, 3.8) is 0 Å². The summed E-state index contributed by atoms with van der Waals surface area (Å²) in [4.78, 5) is 9.89. The highest BCUT2D eigenvalue weighted by molar-refractivity contribution is 14.0. The van der Waals surface area contributed by atoms with E-state index in [4.69, 9.17) is 0 Å². The Balaban J connectivity index is 0.00000220. The van der Waals surface area contributed by atoms with Crippen molar-refractivity contribution in [3.05, 3.63) is 41.1 Å². The highest BCUT2D eigenvalue weighted by Gasteiger charge is 1.98. The molecule has 0 aliphatic heterocycles. The van der Waals surface area contributed by atoms with Crippen LogP contribution in [0.1, 0.15) is 18.2 Å². The fraction of sp³-hybridized carbons (Fsp3) is 0.429. The fourth-order valence-corrected chi connectivity index (χ4v) is 2.42. The van der Waals surface area contributed by atoms with Gasteiger partial charge in [0, 0.05) is 36.9 Å². The van der Waals surface area contributed by atoms with Gasteiger partial charge in [0.25, 0.3) is 0 Å². The summed E-state index contributed by atoms with van der Waals surface area (Å²) in [5.41, 5.74) is 0. The summed E-state index contributed by atoms with van der Waals surface area (Å²) in [6, 6.07) is 4.16.